The predicted octanol–water partition coefficient (Wildman–Crippen LogP) is 4.60. The Morgan fingerprint density at radius 2 is 1.71 bits per heavy atom. The number of anilines is 1. The molecule has 0 spiro atoms. The van der Waals surface area contributed by atoms with Crippen molar-refractivity contribution < 1.29 is 14.0 Å². The summed E-state index contributed by atoms with van der Waals surface area (Å²) in [5, 5.41) is 8.32. The van der Waals surface area contributed by atoms with Crippen LogP contribution in [0, 0.1) is 19.7 Å². The van der Waals surface area contributed by atoms with Gasteiger partial charge in [0.15, 0.2) is 5.69 Å². The van der Waals surface area contributed by atoms with E-state index in [1.165, 1.54) is 22.4 Å². The fourth-order valence-corrected chi connectivity index (χ4v) is 3.88. The van der Waals surface area contributed by atoms with Gasteiger partial charge in [0.05, 0.1) is 5.69 Å². The van der Waals surface area contributed by atoms with Crippen molar-refractivity contribution in [3.05, 3.63) is 76.0 Å². The lowest BCUT2D eigenvalue weighted by molar-refractivity contribution is -0.124. The summed E-state index contributed by atoms with van der Waals surface area (Å²) < 4.78 is 18.8. The first kappa shape index (κ1) is 22.6. The largest absolute Gasteiger partial charge is 0.349 e. The number of rotatable bonds is 5. The van der Waals surface area contributed by atoms with Gasteiger partial charge in [-0.1, -0.05) is 40.9 Å². The summed E-state index contributed by atoms with van der Waals surface area (Å²) in [6.45, 7) is 9.19. The molecule has 0 saturated carbocycles. The smallest absolute Gasteiger partial charge is 0.280 e. The van der Waals surface area contributed by atoms with Crippen molar-refractivity contribution >= 4 is 29.0 Å². The summed E-state index contributed by atoms with van der Waals surface area (Å²) >= 11 is 1.03. The van der Waals surface area contributed by atoms with Crippen LogP contribution in [0.25, 0.3) is 0 Å². The van der Waals surface area contributed by atoms with E-state index < -0.39 is 29.2 Å². The first-order valence-electron chi connectivity index (χ1n) is 9.83. The molecule has 2 amide bonds. The summed E-state index contributed by atoms with van der Waals surface area (Å²) in [6, 6.07) is 10.3. The highest BCUT2D eigenvalue weighted by atomic mass is 32.1. The lowest BCUT2D eigenvalue weighted by atomic mass is 9.98. The van der Waals surface area contributed by atoms with Crippen LogP contribution < -0.4 is 10.2 Å². The van der Waals surface area contributed by atoms with E-state index in [9.17, 15) is 14.0 Å². The van der Waals surface area contributed by atoms with Crippen LogP contribution in [0.2, 0.25) is 0 Å². The number of nitrogens with zero attached hydrogens (tertiary/aromatic N) is 3. The molecule has 1 aromatic heterocycles. The summed E-state index contributed by atoms with van der Waals surface area (Å²) in [5.74, 6) is -1.59. The molecule has 3 aromatic rings. The van der Waals surface area contributed by atoms with Crippen LogP contribution in [-0.4, -0.2) is 26.9 Å². The Hall–Kier alpha value is -3.13. The van der Waals surface area contributed by atoms with E-state index in [2.05, 4.69) is 14.9 Å². The van der Waals surface area contributed by atoms with Crippen molar-refractivity contribution in [2.24, 2.45) is 0 Å². The van der Waals surface area contributed by atoms with Gasteiger partial charge in [0.2, 0.25) is 5.91 Å². The average Bonchev–Trinajstić information content (AvgIpc) is 3.21. The Labute approximate surface area is 185 Å². The maximum absolute atomic E-state index is 15.0. The zero-order valence-electron chi connectivity index (χ0n) is 18.1. The molecular formula is C23H25FN4O2S. The molecule has 0 aliphatic carbocycles. The van der Waals surface area contributed by atoms with Crippen LogP contribution in [0.5, 0.6) is 0 Å². The van der Waals surface area contributed by atoms with E-state index in [0.717, 1.165) is 22.7 Å². The molecule has 1 N–H and O–H groups in total. The van der Waals surface area contributed by atoms with Gasteiger partial charge >= 0.3 is 0 Å². The summed E-state index contributed by atoms with van der Waals surface area (Å²) in [7, 11) is 0. The SMILES string of the molecule is Cc1cccc(C)c1N(C(=O)c1csnn1)C(C(=O)NC(C)(C)C)c1ccccc1F. The number of benzene rings is 2. The number of para-hydroxylation sites is 1. The van der Waals surface area contributed by atoms with Gasteiger partial charge in [-0.05, 0) is 63.3 Å². The van der Waals surface area contributed by atoms with Gasteiger partial charge in [0, 0.05) is 16.5 Å². The third-order valence-electron chi connectivity index (χ3n) is 4.68. The first-order valence-corrected chi connectivity index (χ1v) is 10.7. The third-order valence-corrected chi connectivity index (χ3v) is 5.19. The van der Waals surface area contributed by atoms with Crippen LogP contribution in [0.4, 0.5) is 10.1 Å². The Morgan fingerprint density at radius 3 is 2.26 bits per heavy atom. The minimum absolute atomic E-state index is 0.0950. The van der Waals surface area contributed by atoms with Gasteiger partial charge in [-0.25, -0.2) is 4.39 Å². The Morgan fingerprint density at radius 1 is 1.06 bits per heavy atom. The lowest BCUT2D eigenvalue weighted by Gasteiger charge is -2.35. The fourth-order valence-electron chi connectivity index (χ4n) is 3.45. The quantitative estimate of drug-likeness (QED) is 0.629. The maximum atomic E-state index is 15.0. The van der Waals surface area contributed by atoms with E-state index in [1.54, 1.807) is 12.1 Å². The van der Waals surface area contributed by atoms with Crippen LogP contribution >= 0.6 is 11.5 Å². The molecule has 2 aromatic carbocycles. The normalized spacial score (nSPS) is 12.3. The van der Waals surface area contributed by atoms with Gasteiger partial charge in [-0.2, -0.15) is 0 Å². The highest BCUT2D eigenvalue weighted by Crippen LogP contribution is 2.35. The van der Waals surface area contributed by atoms with Crippen LogP contribution in [-0.2, 0) is 4.79 Å². The Balaban J connectivity index is 2.28. The summed E-state index contributed by atoms with van der Waals surface area (Å²) in [6.07, 6.45) is 0. The van der Waals surface area contributed by atoms with E-state index in [1.807, 2.05) is 52.8 Å². The zero-order chi connectivity index (χ0) is 22.8. The number of carbonyl (C=O) groups excluding carboxylic acids is 2. The van der Waals surface area contributed by atoms with Gasteiger partial charge in [-0.15, -0.1) is 5.10 Å². The second-order valence-corrected chi connectivity index (χ2v) is 8.98. The standard InChI is InChI=1S/C23H25FN4O2S/c1-14-9-8-10-15(2)19(14)28(22(30)18-13-31-27-26-18)20(21(29)25-23(3,4)5)16-11-6-7-12-17(16)24/h6-13,20H,1-5H3,(H,25,29). The van der Waals surface area contributed by atoms with Crippen LogP contribution in [0.1, 0.15) is 54.0 Å². The molecule has 0 aliphatic heterocycles. The van der Waals surface area contributed by atoms with Gasteiger partial charge in [0.1, 0.15) is 11.9 Å². The number of carbonyl (C=O) groups is 2. The molecular weight excluding hydrogens is 415 g/mol. The molecule has 6 nitrogen and oxygen atoms in total. The first-order chi connectivity index (χ1) is 14.6. The number of halogens is 1. The van der Waals surface area contributed by atoms with Crippen molar-refractivity contribution in [1.29, 1.82) is 0 Å². The molecule has 31 heavy (non-hydrogen) atoms. The minimum atomic E-state index is -1.24. The van der Waals surface area contributed by atoms with Gasteiger partial charge < -0.3 is 5.32 Å². The highest BCUT2D eigenvalue weighted by Gasteiger charge is 2.38. The topological polar surface area (TPSA) is 75.2 Å². The molecule has 0 radical (unpaired) electrons. The minimum Gasteiger partial charge on any atom is -0.349 e. The van der Waals surface area contributed by atoms with Gasteiger partial charge in [0.25, 0.3) is 5.91 Å². The van der Waals surface area contributed by atoms with E-state index in [4.69, 9.17) is 0 Å². The second kappa shape index (κ2) is 8.93. The van der Waals surface area contributed by atoms with Crippen molar-refractivity contribution in [2.45, 2.75) is 46.2 Å². The molecule has 1 heterocycles. The van der Waals surface area contributed by atoms with Crippen LogP contribution in [0.3, 0.4) is 0 Å². The van der Waals surface area contributed by atoms with Crippen molar-refractivity contribution in [1.82, 2.24) is 14.9 Å². The fraction of sp³-hybridized carbons (Fsp3) is 0.304. The number of hydrogen-bond donors (Lipinski definition) is 1. The van der Waals surface area contributed by atoms with Gasteiger partial charge in [-0.3, -0.25) is 14.5 Å². The molecule has 162 valence electrons. The molecule has 1 unspecified atom stereocenters. The van der Waals surface area contributed by atoms with Crippen molar-refractivity contribution in [3.63, 3.8) is 0 Å². The van der Waals surface area contributed by atoms with E-state index in [-0.39, 0.29) is 11.3 Å². The molecule has 0 aliphatic rings. The lowest BCUT2D eigenvalue weighted by Crippen LogP contribution is -2.50. The van der Waals surface area contributed by atoms with E-state index >= 15 is 0 Å². The summed E-state index contributed by atoms with van der Waals surface area (Å²) in [4.78, 5) is 28.5. The number of aryl methyl sites for hydroxylation is 2. The highest BCUT2D eigenvalue weighted by molar-refractivity contribution is 7.03. The Bertz CT molecular complexity index is 1070. The molecule has 0 saturated heterocycles. The molecule has 1 atom stereocenters. The zero-order valence-corrected chi connectivity index (χ0v) is 19.0. The maximum Gasteiger partial charge on any atom is 0.280 e. The van der Waals surface area contributed by atoms with Crippen LogP contribution in [0.15, 0.2) is 47.8 Å². The second-order valence-electron chi connectivity index (χ2n) is 8.37. The number of nitrogens with one attached hydrogen (secondary N) is 1. The number of amides is 2. The number of hydrogen-bond acceptors (Lipinski definition) is 5. The third kappa shape index (κ3) is 4.96. The Kier molecular flexibility index (Phi) is 6.50. The predicted molar refractivity (Wildman–Crippen MR) is 120 cm³/mol. The monoisotopic (exact) mass is 440 g/mol. The molecule has 3 rings (SSSR count). The summed E-state index contributed by atoms with van der Waals surface area (Å²) in [5.41, 5.74) is 1.71. The average molecular weight is 441 g/mol. The molecule has 0 bridgehead atoms. The van der Waals surface area contributed by atoms with Crippen molar-refractivity contribution in [3.8, 4) is 0 Å². The van der Waals surface area contributed by atoms with Crippen molar-refractivity contribution in [2.75, 3.05) is 4.90 Å². The molecule has 8 heteroatoms. The number of aromatic nitrogens is 2. The van der Waals surface area contributed by atoms with E-state index in [0.29, 0.717) is 5.69 Å². The molecule has 0 fully saturated rings.